The predicted molar refractivity (Wildman–Crippen MR) is 93.0 cm³/mol. The van der Waals surface area contributed by atoms with Gasteiger partial charge in [-0.25, -0.2) is 4.98 Å². The molecule has 130 valence electrons. The van der Waals surface area contributed by atoms with Gasteiger partial charge in [-0.2, -0.15) is 0 Å². The van der Waals surface area contributed by atoms with Crippen LogP contribution in [0.5, 0.6) is 0 Å². The first-order chi connectivity index (χ1) is 11.6. The van der Waals surface area contributed by atoms with Gasteiger partial charge >= 0.3 is 0 Å². The minimum atomic E-state index is -0.206. The number of rotatable bonds is 3. The Morgan fingerprint density at radius 1 is 1.29 bits per heavy atom. The fourth-order valence-corrected chi connectivity index (χ4v) is 4.75. The van der Waals surface area contributed by atoms with Crippen LogP contribution in [0.4, 0.5) is 0 Å². The lowest BCUT2D eigenvalue weighted by molar-refractivity contribution is -0.136. The number of hydrogen-bond donors (Lipinski definition) is 0. The quantitative estimate of drug-likeness (QED) is 0.845. The number of carbonyl (C=O) groups excluding carboxylic acids is 2. The van der Waals surface area contributed by atoms with E-state index < -0.39 is 0 Å². The Morgan fingerprint density at radius 2 is 2.08 bits per heavy atom. The van der Waals surface area contributed by atoms with Crippen molar-refractivity contribution in [2.45, 2.75) is 45.4 Å². The van der Waals surface area contributed by atoms with Crippen LogP contribution in [0, 0.1) is 18.3 Å². The normalized spacial score (nSPS) is 27.8. The molecular weight excluding hydrogens is 322 g/mol. The van der Waals surface area contributed by atoms with Gasteiger partial charge in [0.05, 0.1) is 10.4 Å². The Balaban J connectivity index is 1.42. The molecule has 4 rings (SSSR count). The number of likely N-dealkylation sites (tertiary alicyclic amines) is 2. The van der Waals surface area contributed by atoms with Crippen LogP contribution in [0.2, 0.25) is 0 Å². The molecule has 3 aliphatic rings. The molecule has 24 heavy (non-hydrogen) atoms. The highest BCUT2D eigenvalue weighted by Crippen LogP contribution is 2.43. The van der Waals surface area contributed by atoms with Gasteiger partial charge in [0, 0.05) is 31.6 Å². The first kappa shape index (κ1) is 16.1. The third-order valence-corrected chi connectivity index (χ3v) is 6.62. The fraction of sp³-hybridized carbons (Fsp3) is 0.722. The van der Waals surface area contributed by atoms with Gasteiger partial charge in [0.25, 0.3) is 5.91 Å². The van der Waals surface area contributed by atoms with Crippen LogP contribution >= 0.6 is 11.3 Å². The van der Waals surface area contributed by atoms with E-state index in [1.165, 1.54) is 24.2 Å². The molecule has 2 saturated heterocycles. The molecule has 3 heterocycles. The van der Waals surface area contributed by atoms with E-state index in [-0.39, 0.29) is 11.3 Å². The lowest BCUT2D eigenvalue weighted by Gasteiger charge is -2.26. The summed E-state index contributed by atoms with van der Waals surface area (Å²) in [5, 5.41) is 2.77. The summed E-state index contributed by atoms with van der Waals surface area (Å²) in [5.74, 6) is 1.13. The topological polar surface area (TPSA) is 53.5 Å². The van der Waals surface area contributed by atoms with Crippen LogP contribution in [-0.2, 0) is 4.79 Å². The minimum absolute atomic E-state index is 0.0247. The molecule has 1 aliphatic carbocycles. The molecule has 1 spiro atoms. The van der Waals surface area contributed by atoms with Gasteiger partial charge in [-0.1, -0.05) is 0 Å². The fourth-order valence-electron chi connectivity index (χ4n) is 4.16. The van der Waals surface area contributed by atoms with Gasteiger partial charge in [-0.3, -0.25) is 9.59 Å². The van der Waals surface area contributed by atoms with Gasteiger partial charge in [-0.05, 0) is 51.4 Å². The molecule has 1 atom stereocenters. The van der Waals surface area contributed by atoms with Crippen LogP contribution < -0.4 is 0 Å². The smallest absolute Gasteiger partial charge is 0.273 e. The van der Waals surface area contributed by atoms with Crippen LogP contribution in [0.1, 0.15) is 54.0 Å². The molecule has 5 nitrogen and oxygen atoms in total. The van der Waals surface area contributed by atoms with Crippen LogP contribution in [0.25, 0.3) is 0 Å². The van der Waals surface area contributed by atoms with Gasteiger partial charge in [0.2, 0.25) is 5.91 Å². The molecule has 0 unspecified atom stereocenters. The predicted octanol–water partition coefficient (Wildman–Crippen LogP) is 2.71. The molecule has 0 radical (unpaired) electrons. The van der Waals surface area contributed by atoms with E-state index in [1.807, 2.05) is 17.2 Å². The number of nitrogens with zero attached hydrogens (tertiary/aromatic N) is 3. The first-order valence-electron chi connectivity index (χ1n) is 9.08. The molecule has 3 fully saturated rings. The van der Waals surface area contributed by atoms with Crippen molar-refractivity contribution >= 4 is 23.2 Å². The van der Waals surface area contributed by atoms with Crippen molar-refractivity contribution in [2.75, 3.05) is 26.2 Å². The van der Waals surface area contributed by atoms with Gasteiger partial charge in [-0.15, -0.1) is 11.3 Å². The lowest BCUT2D eigenvalue weighted by Crippen LogP contribution is -2.37. The molecule has 0 N–H and O–H groups in total. The zero-order valence-corrected chi connectivity index (χ0v) is 15.1. The Morgan fingerprint density at radius 3 is 2.79 bits per heavy atom. The van der Waals surface area contributed by atoms with Crippen molar-refractivity contribution in [1.82, 2.24) is 14.8 Å². The summed E-state index contributed by atoms with van der Waals surface area (Å²) in [6.07, 6.45) is 6.18. The summed E-state index contributed by atoms with van der Waals surface area (Å²) >= 11 is 1.51. The van der Waals surface area contributed by atoms with Gasteiger partial charge in [0.15, 0.2) is 0 Å². The Labute approximate surface area is 147 Å². The molecule has 2 aliphatic heterocycles. The summed E-state index contributed by atoms with van der Waals surface area (Å²) < 4.78 is 0. The highest BCUT2D eigenvalue weighted by Gasteiger charge is 2.48. The van der Waals surface area contributed by atoms with E-state index in [1.54, 1.807) is 0 Å². The number of carbonyl (C=O) groups is 2. The van der Waals surface area contributed by atoms with E-state index in [2.05, 4.69) is 9.88 Å². The molecule has 6 heteroatoms. The van der Waals surface area contributed by atoms with Gasteiger partial charge < -0.3 is 9.80 Å². The highest BCUT2D eigenvalue weighted by atomic mass is 32.1. The van der Waals surface area contributed by atoms with E-state index in [4.69, 9.17) is 0 Å². The summed E-state index contributed by atoms with van der Waals surface area (Å²) in [7, 11) is 0. The third kappa shape index (κ3) is 2.96. The van der Waals surface area contributed by atoms with E-state index in [0.717, 1.165) is 56.2 Å². The number of amides is 2. The maximum atomic E-state index is 13.0. The zero-order chi connectivity index (χ0) is 16.7. The van der Waals surface area contributed by atoms with E-state index >= 15 is 0 Å². The van der Waals surface area contributed by atoms with Crippen LogP contribution in [0.15, 0.2) is 5.38 Å². The summed E-state index contributed by atoms with van der Waals surface area (Å²) in [6, 6.07) is 0. The number of thiazole rings is 1. The first-order valence-corrected chi connectivity index (χ1v) is 9.96. The highest BCUT2D eigenvalue weighted by molar-refractivity contribution is 7.09. The molecule has 1 aromatic rings. The van der Waals surface area contributed by atoms with Gasteiger partial charge in [0.1, 0.15) is 5.69 Å². The van der Waals surface area contributed by atoms with Crippen molar-refractivity contribution in [2.24, 2.45) is 11.3 Å². The Hall–Kier alpha value is -1.43. The minimum Gasteiger partial charge on any atom is -0.342 e. The molecule has 1 aromatic heterocycles. The van der Waals surface area contributed by atoms with E-state index in [9.17, 15) is 9.59 Å². The average Bonchev–Trinajstić information content (AvgIpc) is 3.26. The van der Waals surface area contributed by atoms with Crippen LogP contribution in [-0.4, -0.2) is 52.8 Å². The summed E-state index contributed by atoms with van der Waals surface area (Å²) in [5.41, 5.74) is 0.351. The number of aryl methyl sites for hydroxylation is 1. The summed E-state index contributed by atoms with van der Waals surface area (Å²) in [4.78, 5) is 33.9. The lowest BCUT2D eigenvalue weighted by atomic mass is 9.79. The van der Waals surface area contributed by atoms with Crippen molar-refractivity contribution < 1.29 is 9.59 Å². The third-order valence-electron chi connectivity index (χ3n) is 5.85. The second-order valence-corrected chi connectivity index (χ2v) is 8.68. The monoisotopic (exact) mass is 347 g/mol. The average molecular weight is 347 g/mol. The second kappa shape index (κ2) is 6.14. The standard InChI is InChI=1S/C18H25N3O2S/c1-13-19-15(12-24-13)16(22)20-8-2-5-18(6-9-20)7-10-21(17(18)23)11-14-3-4-14/h12,14H,2-11H2,1H3/t18-/m0/s1. The van der Waals surface area contributed by atoms with Crippen molar-refractivity contribution in [3.8, 4) is 0 Å². The van der Waals surface area contributed by atoms with Crippen molar-refractivity contribution in [3.63, 3.8) is 0 Å². The zero-order valence-electron chi connectivity index (χ0n) is 14.3. The summed E-state index contributed by atoms with van der Waals surface area (Å²) in [6.45, 7) is 5.21. The SMILES string of the molecule is Cc1nc(C(=O)N2CCC[C@]3(CC2)CCN(CC2CC2)C3=O)cs1. The molecule has 2 amide bonds. The largest absolute Gasteiger partial charge is 0.342 e. The number of aromatic nitrogens is 1. The number of hydrogen-bond acceptors (Lipinski definition) is 4. The molecule has 1 saturated carbocycles. The maximum Gasteiger partial charge on any atom is 0.273 e. The second-order valence-electron chi connectivity index (χ2n) is 7.62. The molecule has 0 aromatic carbocycles. The van der Waals surface area contributed by atoms with E-state index in [0.29, 0.717) is 18.1 Å². The molecule has 0 bridgehead atoms. The van der Waals surface area contributed by atoms with Crippen LogP contribution in [0.3, 0.4) is 0 Å². The molecular formula is C18H25N3O2S. The Kier molecular flexibility index (Phi) is 4.11. The van der Waals surface area contributed by atoms with Crippen molar-refractivity contribution in [3.05, 3.63) is 16.1 Å². The Bertz CT molecular complexity index is 654. The maximum absolute atomic E-state index is 13.0. The van der Waals surface area contributed by atoms with Crippen molar-refractivity contribution in [1.29, 1.82) is 0 Å².